The van der Waals surface area contributed by atoms with Gasteiger partial charge in [-0.1, -0.05) is 20.8 Å². The molecule has 1 saturated carbocycles. The summed E-state index contributed by atoms with van der Waals surface area (Å²) < 4.78 is 0. The van der Waals surface area contributed by atoms with E-state index in [9.17, 15) is 9.90 Å². The van der Waals surface area contributed by atoms with Gasteiger partial charge in [-0.15, -0.1) is 11.3 Å². The van der Waals surface area contributed by atoms with Gasteiger partial charge in [-0.05, 0) is 62.4 Å². The average molecular weight is 478 g/mol. The molecule has 6 atom stereocenters. The highest BCUT2D eigenvalue weighted by molar-refractivity contribution is 7.99. The van der Waals surface area contributed by atoms with Crippen LogP contribution in [0, 0.1) is 23.2 Å². The van der Waals surface area contributed by atoms with E-state index in [0.717, 1.165) is 56.9 Å². The van der Waals surface area contributed by atoms with E-state index < -0.39 is 6.10 Å². The van der Waals surface area contributed by atoms with Crippen LogP contribution in [0.5, 0.6) is 0 Å². The normalized spacial score (nSPS) is 36.9. The maximum absolute atomic E-state index is 13.2. The average Bonchev–Trinajstić information content (AvgIpc) is 3.23. The smallest absolute Gasteiger partial charge is 0.225 e. The topological polar surface area (TPSA) is 65.5 Å². The number of fused-ring (bicyclic) bond motifs is 2. The summed E-state index contributed by atoms with van der Waals surface area (Å²) in [6, 6.07) is 0. The summed E-state index contributed by atoms with van der Waals surface area (Å²) in [4.78, 5) is 21.9. The number of rotatable bonds is 3. The van der Waals surface area contributed by atoms with Crippen molar-refractivity contribution < 1.29 is 9.90 Å². The second kappa shape index (κ2) is 9.20. The minimum absolute atomic E-state index is 0.0571. The summed E-state index contributed by atoms with van der Waals surface area (Å²) in [5.41, 5.74) is 1.35. The Morgan fingerprint density at radius 1 is 1.25 bits per heavy atom. The Balaban J connectivity index is 1.36. The first-order chi connectivity index (χ1) is 15.4. The summed E-state index contributed by atoms with van der Waals surface area (Å²) >= 11 is 3.88. The fraction of sp³-hybridized carbons (Fsp3) is 0.840. The maximum atomic E-state index is 13.2. The number of aliphatic hydroxyl groups is 1. The van der Waals surface area contributed by atoms with Gasteiger partial charge in [0.05, 0.1) is 16.8 Å². The molecule has 0 aromatic carbocycles. The predicted molar refractivity (Wildman–Crippen MR) is 132 cm³/mol. The van der Waals surface area contributed by atoms with Gasteiger partial charge in [0.25, 0.3) is 0 Å². The molecule has 2 saturated heterocycles. The molecule has 0 bridgehead atoms. The molecule has 1 aromatic heterocycles. The Hall–Kier alpha value is -0.630. The molecule has 1 aromatic rings. The van der Waals surface area contributed by atoms with Crippen LogP contribution in [0.15, 0.2) is 0 Å². The number of hydrogen-bond acceptors (Lipinski definition) is 6. The van der Waals surface area contributed by atoms with Crippen molar-refractivity contribution >= 4 is 29.0 Å². The van der Waals surface area contributed by atoms with E-state index in [2.05, 4.69) is 26.1 Å². The largest absolute Gasteiger partial charge is 0.392 e. The third-order valence-corrected chi connectivity index (χ3v) is 11.2. The third kappa shape index (κ3) is 4.05. The number of carbonyl (C=O) groups excluding carboxylic acids is 1. The minimum Gasteiger partial charge on any atom is -0.392 e. The van der Waals surface area contributed by atoms with Crippen LogP contribution in [-0.4, -0.2) is 64.7 Å². The Kier molecular flexibility index (Phi) is 6.65. The Labute approximate surface area is 201 Å². The molecule has 3 heterocycles. The molecule has 2 N–H and O–H groups in total. The van der Waals surface area contributed by atoms with Gasteiger partial charge >= 0.3 is 0 Å². The summed E-state index contributed by atoms with van der Waals surface area (Å²) in [7, 11) is 0. The van der Waals surface area contributed by atoms with Gasteiger partial charge in [-0.3, -0.25) is 4.79 Å². The number of nitrogens with one attached hydrogen (secondary N) is 1. The number of thioether (sulfide) groups is 1. The van der Waals surface area contributed by atoms with Crippen LogP contribution in [0.2, 0.25) is 0 Å². The first kappa shape index (κ1) is 23.1. The van der Waals surface area contributed by atoms with Crippen molar-refractivity contribution in [2.24, 2.45) is 23.2 Å². The summed E-state index contributed by atoms with van der Waals surface area (Å²) in [6.07, 6.45) is 5.01. The van der Waals surface area contributed by atoms with Gasteiger partial charge in [0, 0.05) is 47.2 Å². The lowest BCUT2D eigenvalue weighted by Crippen LogP contribution is -2.54. The van der Waals surface area contributed by atoms with Crippen LogP contribution in [0.1, 0.15) is 73.9 Å². The molecule has 6 unspecified atom stereocenters. The molecule has 3 fully saturated rings. The van der Waals surface area contributed by atoms with Crippen molar-refractivity contribution in [1.29, 1.82) is 0 Å². The molecule has 1 amide bonds. The summed E-state index contributed by atoms with van der Waals surface area (Å²) in [6.45, 7) is 10.6. The Morgan fingerprint density at radius 3 is 2.69 bits per heavy atom. The van der Waals surface area contributed by atoms with Crippen LogP contribution < -0.4 is 5.32 Å². The highest BCUT2D eigenvalue weighted by Crippen LogP contribution is 2.57. The number of amides is 1. The molecule has 0 spiro atoms. The second-order valence-corrected chi connectivity index (χ2v) is 13.3. The van der Waals surface area contributed by atoms with Crippen molar-refractivity contribution in [3.05, 3.63) is 15.6 Å². The molecule has 32 heavy (non-hydrogen) atoms. The van der Waals surface area contributed by atoms with E-state index in [0.29, 0.717) is 5.92 Å². The van der Waals surface area contributed by atoms with E-state index in [1.54, 1.807) is 0 Å². The van der Waals surface area contributed by atoms with Crippen LogP contribution in [0.4, 0.5) is 0 Å². The Morgan fingerprint density at radius 2 is 1.97 bits per heavy atom. The van der Waals surface area contributed by atoms with Gasteiger partial charge in [0.1, 0.15) is 0 Å². The maximum Gasteiger partial charge on any atom is 0.225 e. The number of hydrogen-bond donors (Lipinski definition) is 2. The van der Waals surface area contributed by atoms with Gasteiger partial charge in [0.15, 0.2) is 0 Å². The third-order valence-electron chi connectivity index (χ3n) is 8.98. The van der Waals surface area contributed by atoms with Crippen molar-refractivity contribution in [2.75, 3.05) is 37.7 Å². The molecule has 4 aliphatic rings. The number of carbonyl (C=O) groups is 1. The zero-order chi connectivity index (χ0) is 22.5. The minimum atomic E-state index is -0.431. The predicted octanol–water partition coefficient (Wildman–Crippen LogP) is 3.87. The van der Waals surface area contributed by atoms with Crippen molar-refractivity contribution in [2.45, 2.75) is 70.8 Å². The van der Waals surface area contributed by atoms with E-state index in [-0.39, 0.29) is 35.0 Å². The molecule has 2 aliphatic carbocycles. The lowest BCUT2D eigenvalue weighted by Gasteiger charge is -2.53. The van der Waals surface area contributed by atoms with Crippen LogP contribution >= 0.6 is 23.1 Å². The van der Waals surface area contributed by atoms with E-state index >= 15 is 0 Å². The summed E-state index contributed by atoms with van der Waals surface area (Å²) in [5, 5.41) is 16.5. The second-order valence-electron chi connectivity index (χ2n) is 10.9. The van der Waals surface area contributed by atoms with Gasteiger partial charge in [0.2, 0.25) is 5.91 Å². The number of thiazole rings is 1. The first-order valence-electron chi connectivity index (χ1n) is 12.6. The van der Waals surface area contributed by atoms with Crippen molar-refractivity contribution in [3.8, 4) is 0 Å². The zero-order valence-electron chi connectivity index (χ0n) is 19.8. The molecule has 5 nitrogen and oxygen atoms in total. The monoisotopic (exact) mass is 477 g/mol. The van der Waals surface area contributed by atoms with Crippen LogP contribution in [-0.2, 0) is 11.2 Å². The molecule has 7 heteroatoms. The summed E-state index contributed by atoms with van der Waals surface area (Å²) in [5.74, 6) is 3.31. The van der Waals surface area contributed by atoms with Gasteiger partial charge in [-0.25, -0.2) is 4.98 Å². The molecule has 0 radical (unpaired) electrons. The lowest BCUT2D eigenvalue weighted by atomic mass is 9.53. The van der Waals surface area contributed by atoms with Crippen molar-refractivity contribution in [1.82, 2.24) is 15.2 Å². The Bertz CT molecular complexity index is 833. The zero-order valence-corrected chi connectivity index (χ0v) is 21.4. The lowest BCUT2D eigenvalue weighted by molar-refractivity contribution is -0.144. The molecular weight excluding hydrogens is 438 g/mol. The number of aliphatic hydroxyl groups excluding tert-OH is 1. The molecule has 5 rings (SSSR count). The quantitative estimate of drug-likeness (QED) is 0.692. The SMILES string of the molecule is CC(C(=O)N1CCSCC1)C1CCC2(C)Cc3sc(C4CCNCC4)nc3C(C)C2C1O. The van der Waals surface area contributed by atoms with E-state index in [1.165, 1.54) is 28.4 Å². The first-order valence-corrected chi connectivity index (χ1v) is 14.6. The van der Waals surface area contributed by atoms with E-state index in [1.807, 2.05) is 28.0 Å². The number of aromatic nitrogens is 1. The fourth-order valence-corrected chi connectivity index (χ4v) is 9.50. The number of piperidine rings is 1. The molecule has 178 valence electrons. The van der Waals surface area contributed by atoms with Crippen molar-refractivity contribution in [3.63, 3.8) is 0 Å². The number of nitrogens with zero attached hydrogens (tertiary/aromatic N) is 2. The standard InChI is InChI=1S/C25H39N3O2S2/c1-15(24(30)28-10-12-31-13-11-28)18-4-7-25(3)14-19-21(16(2)20(25)22(18)29)27-23(32-19)17-5-8-26-9-6-17/h15-18,20,22,26,29H,4-14H2,1-3H3. The van der Waals surface area contributed by atoms with Crippen LogP contribution in [0.3, 0.4) is 0 Å². The molecule has 2 aliphatic heterocycles. The molecular formula is C25H39N3O2S2. The fourth-order valence-electron chi connectivity index (χ4n) is 7.06. The highest BCUT2D eigenvalue weighted by Gasteiger charge is 2.54. The van der Waals surface area contributed by atoms with E-state index in [4.69, 9.17) is 4.98 Å². The van der Waals surface area contributed by atoms with Crippen LogP contribution in [0.25, 0.3) is 0 Å². The highest BCUT2D eigenvalue weighted by atomic mass is 32.2. The van der Waals surface area contributed by atoms with Gasteiger partial charge < -0.3 is 15.3 Å². The van der Waals surface area contributed by atoms with Gasteiger partial charge in [-0.2, -0.15) is 11.8 Å².